The number of hydrogen-bond donors (Lipinski definition) is 3. The van der Waals surface area contributed by atoms with Crippen molar-refractivity contribution in [1.82, 2.24) is 5.43 Å². The highest BCUT2D eigenvalue weighted by molar-refractivity contribution is 7.80. The van der Waals surface area contributed by atoms with Crippen molar-refractivity contribution >= 4 is 29.0 Å². The summed E-state index contributed by atoms with van der Waals surface area (Å²) < 4.78 is 0. The van der Waals surface area contributed by atoms with Crippen molar-refractivity contribution in [3.63, 3.8) is 0 Å². The van der Waals surface area contributed by atoms with E-state index < -0.39 is 5.97 Å². The molecule has 1 rings (SSSR count). The number of nitrogens with zero attached hydrogens (tertiary/aromatic N) is 1. The van der Waals surface area contributed by atoms with Crippen LogP contribution in [0.3, 0.4) is 0 Å². The smallest absolute Gasteiger partial charge is 0.328 e. The number of carboxylic acids is 1. The first-order valence-electron chi connectivity index (χ1n) is 4.69. The Morgan fingerprint density at radius 1 is 1.35 bits per heavy atom. The van der Waals surface area contributed by atoms with Crippen LogP contribution in [0, 0.1) is 0 Å². The van der Waals surface area contributed by atoms with Crippen LogP contribution < -0.4 is 11.2 Å². The fraction of sp³-hybridized carbons (Fsp3) is 0. The first kappa shape index (κ1) is 12.9. The Labute approximate surface area is 104 Å². The lowest BCUT2D eigenvalue weighted by Crippen LogP contribution is -2.25. The lowest BCUT2D eigenvalue weighted by Gasteiger charge is -2.02. The second-order valence-corrected chi connectivity index (χ2v) is 3.45. The summed E-state index contributed by atoms with van der Waals surface area (Å²) in [5.41, 5.74) is 8.86. The van der Waals surface area contributed by atoms with Gasteiger partial charge in [-0.25, -0.2) is 4.79 Å². The Kier molecular flexibility index (Phi) is 4.83. The van der Waals surface area contributed by atoms with Gasteiger partial charge in [-0.2, -0.15) is 5.10 Å². The van der Waals surface area contributed by atoms with Crippen molar-refractivity contribution in [3.05, 3.63) is 48.0 Å². The Balaban J connectivity index is 2.98. The minimum absolute atomic E-state index is 0.0159. The second kappa shape index (κ2) is 6.39. The number of hydrogen-bond acceptors (Lipinski definition) is 3. The molecule has 0 saturated carbocycles. The summed E-state index contributed by atoms with van der Waals surface area (Å²) in [6.07, 6.45) is 2.36. The van der Waals surface area contributed by atoms with Crippen molar-refractivity contribution < 1.29 is 9.90 Å². The zero-order chi connectivity index (χ0) is 12.7. The molecule has 0 aliphatic carbocycles. The van der Waals surface area contributed by atoms with Crippen molar-refractivity contribution in [2.75, 3.05) is 0 Å². The van der Waals surface area contributed by atoms with Crippen LogP contribution in [-0.2, 0) is 4.79 Å². The van der Waals surface area contributed by atoms with Crippen molar-refractivity contribution in [1.29, 1.82) is 0 Å². The Morgan fingerprint density at radius 2 is 2.00 bits per heavy atom. The summed E-state index contributed by atoms with van der Waals surface area (Å²) in [7, 11) is 0. The van der Waals surface area contributed by atoms with E-state index in [0.717, 1.165) is 11.6 Å². The summed E-state index contributed by atoms with van der Waals surface area (Å²) in [5.74, 6) is -1.05. The molecule has 0 spiro atoms. The van der Waals surface area contributed by atoms with E-state index in [4.69, 9.17) is 10.8 Å². The van der Waals surface area contributed by atoms with Gasteiger partial charge in [0.15, 0.2) is 5.11 Å². The number of allylic oxidation sites excluding steroid dienone is 1. The van der Waals surface area contributed by atoms with Crippen molar-refractivity contribution in [2.45, 2.75) is 0 Å². The molecule has 0 saturated heterocycles. The summed E-state index contributed by atoms with van der Waals surface area (Å²) in [6, 6.07) is 9.09. The molecule has 0 unspecified atom stereocenters. The van der Waals surface area contributed by atoms with Crippen LogP contribution >= 0.6 is 12.2 Å². The molecule has 6 heteroatoms. The molecule has 0 radical (unpaired) electrons. The normalized spacial score (nSPS) is 11.4. The van der Waals surface area contributed by atoms with Gasteiger partial charge in [0.1, 0.15) is 0 Å². The van der Waals surface area contributed by atoms with Crippen LogP contribution in [0.4, 0.5) is 0 Å². The molecule has 5 nitrogen and oxygen atoms in total. The maximum absolute atomic E-state index is 10.5. The van der Waals surface area contributed by atoms with Crippen molar-refractivity contribution in [3.8, 4) is 0 Å². The Hall–Kier alpha value is -2.21. The fourth-order valence-electron chi connectivity index (χ4n) is 1.07. The van der Waals surface area contributed by atoms with E-state index in [0.29, 0.717) is 5.71 Å². The predicted molar refractivity (Wildman–Crippen MR) is 69.7 cm³/mol. The van der Waals surface area contributed by atoms with E-state index in [-0.39, 0.29) is 5.11 Å². The Morgan fingerprint density at radius 3 is 2.53 bits per heavy atom. The Bertz CT molecular complexity index is 469. The molecule has 0 fully saturated rings. The molecule has 0 atom stereocenters. The number of carbonyl (C=O) groups is 1. The number of thiocarbonyl (C=S) groups is 1. The molecule has 17 heavy (non-hydrogen) atoms. The number of aliphatic carboxylic acids is 1. The highest BCUT2D eigenvalue weighted by Gasteiger charge is 2.00. The van der Waals surface area contributed by atoms with Gasteiger partial charge >= 0.3 is 5.97 Å². The largest absolute Gasteiger partial charge is 0.478 e. The third-order valence-corrected chi connectivity index (χ3v) is 1.83. The SMILES string of the molecule is NC(=S)NN=C(C=CC(=O)O)c1ccccc1. The van der Waals surface area contributed by atoms with Gasteiger partial charge in [-0.05, 0) is 18.3 Å². The standard InChI is InChI=1S/C11H11N3O2S/c12-11(17)14-13-9(6-7-10(15)16)8-4-2-1-3-5-8/h1-7H,(H,15,16)(H3,12,14,17). The zero-order valence-corrected chi connectivity index (χ0v) is 9.65. The molecule has 1 aromatic rings. The van der Waals surface area contributed by atoms with Crippen molar-refractivity contribution in [2.24, 2.45) is 10.8 Å². The van der Waals surface area contributed by atoms with E-state index in [2.05, 4.69) is 22.7 Å². The summed E-state index contributed by atoms with van der Waals surface area (Å²) >= 11 is 4.62. The number of rotatable bonds is 4. The van der Waals surface area contributed by atoms with Crippen LogP contribution in [-0.4, -0.2) is 21.9 Å². The number of hydrazone groups is 1. The highest BCUT2D eigenvalue weighted by Crippen LogP contribution is 2.02. The molecule has 4 N–H and O–H groups in total. The number of nitrogens with two attached hydrogens (primary N) is 1. The fourth-order valence-corrected chi connectivity index (χ4v) is 1.12. The molecule has 0 aliphatic rings. The lowest BCUT2D eigenvalue weighted by molar-refractivity contribution is -0.131. The van der Waals surface area contributed by atoms with Crippen LogP contribution in [0.2, 0.25) is 0 Å². The van der Waals surface area contributed by atoms with Crippen LogP contribution in [0.15, 0.2) is 47.6 Å². The minimum atomic E-state index is -1.05. The summed E-state index contributed by atoms with van der Waals surface area (Å²) in [5, 5.41) is 12.5. The zero-order valence-electron chi connectivity index (χ0n) is 8.83. The van der Waals surface area contributed by atoms with Crippen LogP contribution in [0.1, 0.15) is 5.56 Å². The van der Waals surface area contributed by atoms with E-state index in [1.54, 1.807) is 12.1 Å². The molecule has 0 heterocycles. The molecule has 88 valence electrons. The van der Waals surface area contributed by atoms with Gasteiger partial charge in [0, 0.05) is 11.6 Å². The molecule has 1 aromatic carbocycles. The molecule has 0 amide bonds. The molecule has 0 bridgehead atoms. The van der Waals surface area contributed by atoms with E-state index >= 15 is 0 Å². The highest BCUT2D eigenvalue weighted by atomic mass is 32.1. The molecule has 0 aliphatic heterocycles. The predicted octanol–water partition coefficient (Wildman–Crippen LogP) is 0.865. The quantitative estimate of drug-likeness (QED) is 0.319. The maximum Gasteiger partial charge on any atom is 0.328 e. The van der Waals surface area contributed by atoms with Gasteiger partial charge in [-0.3, -0.25) is 5.43 Å². The van der Waals surface area contributed by atoms with Gasteiger partial charge in [-0.15, -0.1) is 0 Å². The number of carboxylic acid groups (broad SMARTS) is 1. The first-order chi connectivity index (χ1) is 8.09. The summed E-state index contributed by atoms with van der Waals surface area (Å²) in [6.45, 7) is 0. The molecule has 0 aromatic heterocycles. The van der Waals surface area contributed by atoms with Gasteiger partial charge in [0.2, 0.25) is 0 Å². The average Bonchev–Trinajstić information content (AvgIpc) is 2.29. The van der Waals surface area contributed by atoms with Gasteiger partial charge in [-0.1, -0.05) is 30.3 Å². The third kappa shape index (κ3) is 4.89. The first-order valence-corrected chi connectivity index (χ1v) is 5.10. The van der Waals surface area contributed by atoms with E-state index in [1.807, 2.05) is 18.2 Å². The van der Waals surface area contributed by atoms with E-state index in [9.17, 15) is 4.79 Å². The van der Waals surface area contributed by atoms with Gasteiger partial charge < -0.3 is 10.8 Å². The molecular formula is C11H11N3O2S. The van der Waals surface area contributed by atoms with Crippen LogP contribution in [0.25, 0.3) is 0 Å². The maximum atomic E-state index is 10.5. The van der Waals surface area contributed by atoms with E-state index in [1.165, 1.54) is 6.08 Å². The minimum Gasteiger partial charge on any atom is -0.478 e. The topological polar surface area (TPSA) is 87.7 Å². The summed E-state index contributed by atoms with van der Waals surface area (Å²) in [4.78, 5) is 10.5. The van der Waals surface area contributed by atoms with Gasteiger partial charge in [0.05, 0.1) is 5.71 Å². The lowest BCUT2D eigenvalue weighted by atomic mass is 10.1. The van der Waals surface area contributed by atoms with Gasteiger partial charge in [0.25, 0.3) is 0 Å². The third-order valence-electron chi connectivity index (χ3n) is 1.74. The van der Waals surface area contributed by atoms with Crippen LogP contribution in [0.5, 0.6) is 0 Å². The molecular weight excluding hydrogens is 238 g/mol. The number of benzene rings is 1. The average molecular weight is 249 g/mol. The number of nitrogens with one attached hydrogen (secondary N) is 1. The second-order valence-electron chi connectivity index (χ2n) is 3.01. The monoisotopic (exact) mass is 249 g/mol.